The van der Waals surface area contributed by atoms with Crippen LogP contribution in [0.15, 0.2) is 24.3 Å². The van der Waals surface area contributed by atoms with E-state index in [0.29, 0.717) is 17.8 Å². The second-order valence-electron chi connectivity index (χ2n) is 6.02. The Bertz CT molecular complexity index is 567. The van der Waals surface area contributed by atoms with E-state index in [9.17, 15) is 9.90 Å². The first-order valence-corrected chi connectivity index (χ1v) is 7.71. The lowest BCUT2D eigenvalue weighted by molar-refractivity contribution is -0.120. The number of para-hydroxylation sites is 1. The van der Waals surface area contributed by atoms with Gasteiger partial charge in [0.1, 0.15) is 6.07 Å². The van der Waals surface area contributed by atoms with Crippen molar-refractivity contribution in [3.63, 3.8) is 0 Å². The van der Waals surface area contributed by atoms with Crippen molar-refractivity contribution < 1.29 is 9.90 Å². The summed E-state index contributed by atoms with van der Waals surface area (Å²) in [6, 6.07) is 8.72. The van der Waals surface area contributed by atoms with Gasteiger partial charge in [-0.15, -0.1) is 0 Å². The van der Waals surface area contributed by atoms with Gasteiger partial charge in [0.2, 0.25) is 5.91 Å². The van der Waals surface area contributed by atoms with Crippen LogP contribution < -0.4 is 5.32 Å². The molecule has 5 nitrogen and oxygen atoms in total. The molecule has 2 rings (SSSR count). The molecule has 1 fully saturated rings. The van der Waals surface area contributed by atoms with E-state index in [1.807, 2.05) is 18.9 Å². The number of hydrogen-bond donors (Lipinski definition) is 2. The number of likely N-dealkylation sites (N-methyl/N-ethyl adjacent to an activating group) is 1. The molecular formula is C17H23N3O2. The number of nitrogens with one attached hydrogen (secondary N) is 1. The molecule has 1 aromatic carbocycles. The lowest BCUT2D eigenvalue weighted by Gasteiger charge is -2.28. The zero-order chi connectivity index (χ0) is 16.1. The average Bonchev–Trinajstić information content (AvgIpc) is 2.92. The number of anilines is 1. The number of nitriles is 1. The summed E-state index contributed by atoms with van der Waals surface area (Å²) in [6.07, 6.45) is 2.67. The highest BCUT2D eigenvalue weighted by Gasteiger charge is 2.29. The van der Waals surface area contributed by atoms with Crippen LogP contribution in [0.5, 0.6) is 0 Å². The fourth-order valence-electron chi connectivity index (χ4n) is 2.89. The van der Waals surface area contributed by atoms with E-state index in [4.69, 9.17) is 5.26 Å². The van der Waals surface area contributed by atoms with Gasteiger partial charge >= 0.3 is 0 Å². The molecular weight excluding hydrogens is 278 g/mol. The van der Waals surface area contributed by atoms with Crippen molar-refractivity contribution in [1.29, 1.82) is 5.26 Å². The van der Waals surface area contributed by atoms with Gasteiger partial charge in [-0.1, -0.05) is 18.6 Å². The molecule has 2 N–H and O–H groups in total. The molecule has 0 spiro atoms. The highest BCUT2D eigenvalue weighted by atomic mass is 16.3. The molecule has 118 valence electrons. The van der Waals surface area contributed by atoms with Gasteiger partial charge in [-0.2, -0.15) is 5.26 Å². The third-order valence-corrected chi connectivity index (χ3v) is 4.49. The zero-order valence-corrected chi connectivity index (χ0v) is 13.1. The first kappa shape index (κ1) is 16.5. The predicted molar refractivity (Wildman–Crippen MR) is 85.2 cm³/mol. The summed E-state index contributed by atoms with van der Waals surface area (Å²) in [5.41, 5.74) is 0.994. The summed E-state index contributed by atoms with van der Waals surface area (Å²) in [6.45, 7) is 2.54. The predicted octanol–water partition coefficient (Wildman–Crippen LogP) is 1.98. The van der Waals surface area contributed by atoms with Gasteiger partial charge in [-0.25, -0.2) is 0 Å². The Hall–Kier alpha value is -1.90. The van der Waals surface area contributed by atoms with Gasteiger partial charge in [0, 0.05) is 6.54 Å². The van der Waals surface area contributed by atoms with Gasteiger partial charge in [0.05, 0.1) is 23.4 Å². The topological polar surface area (TPSA) is 76.4 Å². The summed E-state index contributed by atoms with van der Waals surface area (Å²) < 4.78 is 0. The molecule has 1 saturated carbocycles. The van der Waals surface area contributed by atoms with Crippen molar-refractivity contribution in [1.82, 2.24) is 4.90 Å². The maximum Gasteiger partial charge on any atom is 0.241 e. The first-order chi connectivity index (χ1) is 10.5. The number of aliphatic hydroxyl groups excluding tert-OH is 1. The molecule has 3 atom stereocenters. The van der Waals surface area contributed by atoms with Crippen LogP contribution in [0.3, 0.4) is 0 Å². The molecule has 0 aliphatic heterocycles. The molecule has 0 bridgehead atoms. The van der Waals surface area contributed by atoms with Crippen molar-refractivity contribution in [3.05, 3.63) is 29.8 Å². The van der Waals surface area contributed by atoms with E-state index in [0.717, 1.165) is 19.3 Å². The van der Waals surface area contributed by atoms with Gasteiger partial charge < -0.3 is 10.4 Å². The Balaban J connectivity index is 1.95. The van der Waals surface area contributed by atoms with E-state index >= 15 is 0 Å². The van der Waals surface area contributed by atoms with Crippen LogP contribution in [0.1, 0.15) is 31.7 Å². The molecule has 1 aliphatic carbocycles. The molecule has 0 radical (unpaired) electrons. The number of carbonyl (C=O) groups excluding carboxylic acids is 1. The Kier molecular flexibility index (Phi) is 5.53. The number of hydrogen-bond acceptors (Lipinski definition) is 4. The molecule has 1 aliphatic rings. The second kappa shape index (κ2) is 7.39. The van der Waals surface area contributed by atoms with Crippen LogP contribution in [0.4, 0.5) is 5.69 Å². The average molecular weight is 301 g/mol. The monoisotopic (exact) mass is 301 g/mol. The smallest absolute Gasteiger partial charge is 0.241 e. The molecule has 0 aromatic heterocycles. The minimum atomic E-state index is -0.320. The number of aliphatic hydroxyl groups is 1. The first-order valence-electron chi connectivity index (χ1n) is 7.71. The normalized spacial score (nSPS) is 22.3. The van der Waals surface area contributed by atoms with Gasteiger partial charge in [0.25, 0.3) is 0 Å². The van der Waals surface area contributed by atoms with E-state index in [2.05, 4.69) is 11.4 Å². The third kappa shape index (κ3) is 3.85. The van der Waals surface area contributed by atoms with Gasteiger partial charge in [-0.05, 0) is 44.9 Å². The van der Waals surface area contributed by atoms with Crippen molar-refractivity contribution in [2.75, 3.05) is 18.9 Å². The highest BCUT2D eigenvalue weighted by molar-refractivity contribution is 5.95. The van der Waals surface area contributed by atoms with Crippen LogP contribution in [0.2, 0.25) is 0 Å². The Labute approximate surface area is 131 Å². The van der Waals surface area contributed by atoms with E-state index in [-0.39, 0.29) is 24.0 Å². The lowest BCUT2D eigenvalue weighted by Crippen LogP contribution is -2.43. The van der Waals surface area contributed by atoms with Crippen molar-refractivity contribution >= 4 is 11.6 Å². The fraction of sp³-hybridized carbons (Fsp3) is 0.529. The van der Waals surface area contributed by atoms with Crippen LogP contribution >= 0.6 is 0 Å². The number of carbonyl (C=O) groups is 1. The molecule has 0 heterocycles. The molecule has 1 amide bonds. The third-order valence-electron chi connectivity index (χ3n) is 4.49. The lowest BCUT2D eigenvalue weighted by atomic mass is 10.0. The number of amides is 1. The quantitative estimate of drug-likeness (QED) is 0.872. The van der Waals surface area contributed by atoms with E-state index < -0.39 is 0 Å². The number of rotatable bonds is 5. The fourth-order valence-corrected chi connectivity index (χ4v) is 2.89. The number of nitrogens with zero attached hydrogens (tertiary/aromatic N) is 2. The molecule has 3 unspecified atom stereocenters. The van der Waals surface area contributed by atoms with Crippen LogP contribution in [-0.2, 0) is 4.79 Å². The maximum absolute atomic E-state index is 12.4. The van der Waals surface area contributed by atoms with Crippen molar-refractivity contribution in [2.45, 2.75) is 38.3 Å². The summed E-state index contributed by atoms with van der Waals surface area (Å²) in [4.78, 5) is 14.3. The standard InChI is InChI=1S/C17H23N3O2/c1-12(20(2)11-14-7-5-9-16(14)21)17(22)19-15-8-4-3-6-13(15)10-18/h3-4,6,8,12,14,16,21H,5,7,9,11H2,1-2H3,(H,19,22). The minimum Gasteiger partial charge on any atom is -0.393 e. The van der Waals surface area contributed by atoms with Gasteiger partial charge in [0.15, 0.2) is 0 Å². The summed E-state index contributed by atoms with van der Waals surface area (Å²) in [5.74, 6) is 0.101. The minimum absolute atomic E-state index is 0.141. The largest absolute Gasteiger partial charge is 0.393 e. The van der Waals surface area contributed by atoms with Gasteiger partial charge in [-0.3, -0.25) is 9.69 Å². The van der Waals surface area contributed by atoms with Crippen LogP contribution in [-0.4, -0.2) is 41.7 Å². The van der Waals surface area contributed by atoms with Crippen LogP contribution in [0.25, 0.3) is 0 Å². The highest BCUT2D eigenvalue weighted by Crippen LogP contribution is 2.26. The van der Waals surface area contributed by atoms with Crippen LogP contribution in [0, 0.1) is 17.2 Å². The van der Waals surface area contributed by atoms with E-state index in [1.54, 1.807) is 24.3 Å². The molecule has 22 heavy (non-hydrogen) atoms. The summed E-state index contributed by atoms with van der Waals surface area (Å²) in [5, 5.41) is 21.8. The Morgan fingerprint density at radius 1 is 1.50 bits per heavy atom. The molecule has 1 aromatic rings. The SMILES string of the molecule is CC(C(=O)Nc1ccccc1C#N)N(C)CC1CCCC1O. The zero-order valence-electron chi connectivity index (χ0n) is 13.1. The Morgan fingerprint density at radius 2 is 2.23 bits per heavy atom. The molecule has 5 heteroatoms. The summed E-state index contributed by atoms with van der Waals surface area (Å²) >= 11 is 0. The second-order valence-corrected chi connectivity index (χ2v) is 6.02. The van der Waals surface area contributed by atoms with Crippen molar-refractivity contribution in [2.24, 2.45) is 5.92 Å². The number of benzene rings is 1. The maximum atomic E-state index is 12.4. The molecule has 0 saturated heterocycles. The van der Waals surface area contributed by atoms with E-state index in [1.165, 1.54) is 0 Å². The summed E-state index contributed by atoms with van der Waals surface area (Å²) in [7, 11) is 1.89. The van der Waals surface area contributed by atoms with Crippen molar-refractivity contribution in [3.8, 4) is 6.07 Å². The Morgan fingerprint density at radius 3 is 2.86 bits per heavy atom.